The first kappa shape index (κ1) is 19.4. The molecule has 1 aromatic heterocycles. The molecule has 1 aromatic carbocycles. The Balaban J connectivity index is 2.06. The Kier molecular flexibility index (Phi) is 7.86. The van der Waals surface area contributed by atoms with Crippen LogP contribution in [0.4, 0.5) is 5.69 Å². The fourth-order valence-electron chi connectivity index (χ4n) is 2.91. The van der Waals surface area contributed by atoms with Crippen molar-refractivity contribution in [2.45, 2.75) is 39.5 Å². The van der Waals surface area contributed by atoms with Crippen LogP contribution in [0.3, 0.4) is 0 Å². The highest BCUT2D eigenvalue weighted by Crippen LogP contribution is 2.24. The highest BCUT2D eigenvalue weighted by atomic mass is 32.1. The van der Waals surface area contributed by atoms with Crippen molar-refractivity contribution in [1.82, 2.24) is 10.3 Å². The Morgan fingerprint density at radius 2 is 1.84 bits per heavy atom. The van der Waals surface area contributed by atoms with Crippen molar-refractivity contribution in [3.63, 3.8) is 0 Å². The van der Waals surface area contributed by atoms with Crippen molar-refractivity contribution in [2.75, 3.05) is 18.1 Å². The zero-order chi connectivity index (χ0) is 18.1. The maximum atomic E-state index is 5.74. The summed E-state index contributed by atoms with van der Waals surface area (Å²) in [4.78, 5) is 7.73. The second-order valence-electron chi connectivity index (χ2n) is 6.63. The normalized spacial score (nSPS) is 12.0. The number of hydrogen-bond acceptors (Lipinski definition) is 3. The van der Waals surface area contributed by atoms with Gasteiger partial charge in [-0.1, -0.05) is 63.7 Å². The van der Waals surface area contributed by atoms with E-state index in [0.717, 1.165) is 30.3 Å². The van der Waals surface area contributed by atoms with Gasteiger partial charge in [0, 0.05) is 18.4 Å². The van der Waals surface area contributed by atoms with Crippen molar-refractivity contribution in [2.24, 2.45) is 5.92 Å². The second kappa shape index (κ2) is 10.1. The second-order valence-corrected chi connectivity index (χ2v) is 7.07. The summed E-state index contributed by atoms with van der Waals surface area (Å²) in [5.41, 5.74) is 2.26. The van der Waals surface area contributed by atoms with Crippen LogP contribution in [0.15, 0.2) is 54.7 Å². The van der Waals surface area contributed by atoms with E-state index in [4.69, 9.17) is 12.2 Å². The molecule has 0 aliphatic rings. The van der Waals surface area contributed by atoms with Crippen molar-refractivity contribution >= 4 is 22.9 Å². The summed E-state index contributed by atoms with van der Waals surface area (Å²) >= 11 is 5.74. The topological polar surface area (TPSA) is 28.2 Å². The summed E-state index contributed by atoms with van der Waals surface area (Å²) < 4.78 is 0. The van der Waals surface area contributed by atoms with Crippen LogP contribution in [0.1, 0.15) is 45.2 Å². The number of nitrogens with one attached hydrogen (secondary N) is 1. The molecule has 0 saturated heterocycles. The highest BCUT2D eigenvalue weighted by molar-refractivity contribution is 7.80. The predicted octanol–water partition coefficient (Wildman–Crippen LogP) is 5.00. The van der Waals surface area contributed by atoms with Crippen molar-refractivity contribution in [1.29, 1.82) is 0 Å². The van der Waals surface area contributed by atoms with Crippen molar-refractivity contribution in [3.05, 3.63) is 60.4 Å². The molecule has 134 valence electrons. The van der Waals surface area contributed by atoms with E-state index >= 15 is 0 Å². The minimum Gasteiger partial charge on any atom is -0.362 e. The Morgan fingerprint density at radius 3 is 2.44 bits per heavy atom. The number of anilines is 1. The zero-order valence-electron chi connectivity index (χ0n) is 15.5. The van der Waals surface area contributed by atoms with E-state index in [0.29, 0.717) is 5.92 Å². The van der Waals surface area contributed by atoms with Gasteiger partial charge in [0.2, 0.25) is 0 Å². The number of nitrogens with zero attached hydrogens (tertiary/aromatic N) is 2. The molecule has 0 fully saturated rings. The van der Waals surface area contributed by atoms with Gasteiger partial charge in [-0.15, -0.1) is 0 Å². The number of thiocarbonyl (C=S) groups is 1. The van der Waals surface area contributed by atoms with E-state index in [1.807, 2.05) is 18.3 Å². The van der Waals surface area contributed by atoms with E-state index in [1.54, 1.807) is 0 Å². The molecule has 1 heterocycles. The predicted molar refractivity (Wildman–Crippen MR) is 111 cm³/mol. The monoisotopic (exact) mass is 355 g/mol. The minimum atomic E-state index is 0.139. The maximum absolute atomic E-state index is 5.74. The Labute approximate surface area is 157 Å². The third-order valence-corrected chi connectivity index (χ3v) is 4.70. The summed E-state index contributed by atoms with van der Waals surface area (Å²) in [6.45, 7) is 8.35. The third kappa shape index (κ3) is 5.82. The lowest BCUT2D eigenvalue weighted by molar-refractivity contribution is 0.579. The Hall–Kier alpha value is -1.94. The molecule has 0 spiro atoms. The molecule has 1 N–H and O–H groups in total. The molecule has 1 unspecified atom stereocenters. The van der Waals surface area contributed by atoms with Crippen LogP contribution in [0.2, 0.25) is 0 Å². The number of rotatable bonds is 9. The average Bonchev–Trinajstić information content (AvgIpc) is 2.63. The number of para-hydroxylation sites is 1. The van der Waals surface area contributed by atoms with Gasteiger partial charge in [0.25, 0.3) is 0 Å². The van der Waals surface area contributed by atoms with Crippen LogP contribution in [0.25, 0.3) is 0 Å². The molecule has 2 rings (SSSR count). The quantitative estimate of drug-likeness (QED) is 0.506. The van der Waals surface area contributed by atoms with Crippen LogP contribution >= 0.6 is 12.2 Å². The standard InChI is InChI=1S/C21H29N3S/c1-4-5-15-24(18-11-7-6-8-12-18)16-23-21(25)20(17(2)3)19-13-9-10-14-22-19/h6-14,17,20H,4-5,15-16H2,1-3H3,(H,23,25). The van der Waals surface area contributed by atoms with E-state index in [1.165, 1.54) is 12.1 Å². The third-order valence-electron chi connectivity index (χ3n) is 4.30. The van der Waals surface area contributed by atoms with Gasteiger partial charge >= 0.3 is 0 Å². The maximum Gasteiger partial charge on any atom is 0.0880 e. The Morgan fingerprint density at radius 1 is 1.12 bits per heavy atom. The van der Waals surface area contributed by atoms with Gasteiger partial charge in [-0.2, -0.15) is 0 Å². The molecular weight excluding hydrogens is 326 g/mol. The lowest BCUT2D eigenvalue weighted by Crippen LogP contribution is -2.40. The first-order valence-electron chi connectivity index (χ1n) is 9.12. The molecule has 0 aliphatic carbocycles. The molecule has 25 heavy (non-hydrogen) atoms. The molecular formula is C21H29N3S. The molecule has 0 bridgehead atoms. The van der Waals surface area contributed by atoms with Crippen LogP contribution in [-0.4, -0.2) is 23.2 Å². The number of unbranched alkanes of at least 4 members (excludes halogenated alkanes) is 1. The largest absolute Gasteiger partial charge is 0.362 e. The first-order chi connectivity index (χ1) is 12.1. The minimum absolute atomic E-state index is 0.139. The Bertz CT molecular complexity index is 628. The summed E-state index contributed by atoms with van der Waals surface area (Å²) in [7, 11) is 0. The van der Waals surface area contributed by atoms with Gasteiger partial charge in [0.1, 0.15) is 0 Å². The van der Waals surface area contributed by atoms with Crippen LogP contribution < -0.4 is 10.2 Å². The van der Waals surface area contributed by atoms with Crippen LogP contribution in [0.5, 0.6) is 0 Å². The van der Waals surface area contributed by atoms with Crippen LogP contribution in [0, 0.1) is 5.92 Å². The van der Waals surface area contributed by atoms with Gasteiger partial charge in [0.15, 0.2) is 0 Å². The van der Waals surface area contributed by atoms with Crippen molar-refractivity contribution < 1.29 is 0 Å². The van der Waals surface area contributed by atoms with Gasteiger partial charge in [-0.3, -0.25) is 4.98 Å². The molecule has 0 amide bonds. The highest BCUT2D eigenvalue weighted by Gasteiger charge is 2.22. The summed E-state index contributed by atoms with van der Waals surface area (Å²) in [5, 5.41) is 3.49. The molecule has 0 aliphatic heterocycles. The lowest BCUT2D eigenvalue weighted by Gasteiger charge is -2.28. The number of aromatic nitrogens is 1. The van der Waals surface area contributed by atoms with Crippen molar-refractivity contribution in [3.8, 4) is 0 Å². The van der Waals surface area contributed by atoms with Gasteiger partial charge in [0.05, 0.1) is 23.3 Å². The van der Waals surface area contributed by atoms with Gasteiger partial charge in [-0.05, 0) is 36.6 Å². The van der Waals surface area contributed by atoms with Gasteiger partial charge < -0.3 is 10.2 Å². The smallest absolute Gasteiger partial charge is 0.0880 e. The average molecular weight is 356 g/mol. The van der Waals surface area contributed by atoms with Gasteiger partial charge in [-0.25, -0.2) is 0 Å². The molecule has 2 aromatic rings. The lowest BCUT2D eigenvalue weighted by atomic mass is 9.92. The molecule has 4 heteroatoms. The molecule has 0 saturated carbocycles. The molecule has 0 radical (unpaired) electrons. The number of benzene rings is 1. The first-order valence-corrected chi connectivity index (χ1v) is 9.53. The number of pyridine rings is 1. The summed E-state index contributed by atoms with van der Waals surface area (Å²) in [6.07, 6.45) is 4.18. The summed E-state index contributed by atoms with van der Waals surface area (Å²) in [6, 6.07) is 16.5. The van der Waals surface area contributed by atoms with E-state index < -0.39 is 0 Å². The molecule has 1 atom stereocenters. The number of hydrogen-bond donors (Lipinski definition) is 1. The molecule has 3 nitrogen and oxygen atoms in total. The SMILES string of the molecule is CCCCN(CNC(=S)C(c1ccccn1)C(C)C)c1ccccc1. The summed E-state index contributed by atoms with van der Waals surface area (Å²) in [5.74, 6) is 0.538. The van der Waals surface area contributed by atoms with E-state index in [2.05, 4.69) is 72.4 Å². The van der Waals surface area contributed by atoms with E-state index in [-0.39, 0.29) is 5.92 Å². The zero-order valence-corrected chi connectivity index (χ0v) is 16.3. The van der Waals surface area contributed by atoms with E-state index in [9.17, 15) is 0 Å². The fourth-order valence-corrected chi connectivity index (χ4v) is 3.37. The van der Waals surface area contributed by atoms with Crippen LogP contribution in [-0.2, 0) is 0 Å². The fraction of sp³-hybridized carbons (Fsp3) is 0.429.